The van der Waals surface area contributed by atoms with Crippen LogP contribution in [-0.2, 0) is 5.41 Å². The first-order valence-electron chi connectivity index (χ1n) is 4.76. The third-order valence-corrected chi connectivity index (χ3v) is 2.71. The summed E-state index contributed by atoms with van der Waals surface area (Å²) in [6, 6.07) is 4.31. The van der Waals surface area contributed by atoms with Crippen LogP contribution in [0.5, 0.6) is 0 Å². The molecule has 0 aliphatic rings. The van der Waals surface area contributed by atoms with Crippen LogP contribution in [0.1, 0.15) is 43.0 Å². The maximum absolute atomic E-state index is 4.00. The molecule has 0 saturated heterocycles. The van der Waals surface area contributed by atoms with E-state index in [0.29, 0.717) is 0 Å². The molecule has 0 heterocycles. The highest BCUT2D eigenvalue weighted by Crippen LogP contribution is 2.28. The van der Waals surface area contributed by atoms with Gasteiger partial charge in [-0.15, -0.1) is 0 Å². The van der Waals surface area contributed by atoms with Gasteiger partial charge < -0.3 is 0 Å². The lowest BCUT2D eigenvalue weighted by molar-refractivity contribution is 0.585. The van der Waals surface area contributed by atoms with E-state index in [9.17, 15) is 0 Å². The fraction of sp³-hybridized carbons (Fsp3) is 0.462. The Labute approximate surface area is 82.0 Å². The van der Waals surface area contributed by atoms with Crippen molar-refractivity contribution in [1.82, 2.24) is 0 Å². The zero-order valence-electron chi connectivity index (χ0n) is 9.36. The van der Waals surface area contributed by atoms with Crippen LogP contribution in [-0.4, -0.2) is 0 Å². The summed E-state index contributed by atoms with van der Waals surface area (Å²) in [6.07, 6.45) is 0. The Morgan fingerprint density at radius 1 is 1.00 bits per heavy atom. The van der Waals surface area contributed by atoms with Crippen molar-refractivity contribution in [3.8, 4) is 0 Å². The predicted octanol–water partition coefficient (Wildman–Crippen LogP) is 3.78. The van der Waals surface area contributed by atoms with Gasteiger partial charge >= 0.3 is 0 Å². The summed E-state index contributed by atoms with van der Waals surface area (Å²) < 4.78 is 0. The molecular weight excluding hydrogens is 156 g/mol. The van der Waals surface area contributed by atoms with Gasteiger partial charge in [-0.2, -0.15) is 0 Å². The molecule has 0 N–H and O–H groups in total. The molecule has 0 spiro atoms. The fourth-order valence-corrected chi connectivity index (χ4v) is 1.69. The summed E-state index contributed by atoms with van der Waals surface area (Å²) in [5.74, 6) is 0. The Morgan fingerprint density at radius 2 is 1.54 bits per heavy atom. The molecule has 1 aromatic carbocycles. The maximum atomic E-state index is 4.00. The van der Waals surface area contributed by atoms with Crippen molar-refractivity contribution < 1.29 is 0 Å². The normalized spacial score (nSPS) is 11.8. The largest absolute Gasteiger partial charge is 0.0585 e. The summed E-state index contributed by atoms with van der Waals surface area (Å²) in [5, 5.41) is 0. The molecule has 13 heavy (non-hydrogen) atoms. The molecule has 0 bridgehead atoms. The van der Waals surface area contributed by atoms with Gasteiger partial charge in [0.05, 0.1) is 0 Å². The zero-order chi connectivity index (χ0) is 10.2. The van der Waals surface area contributed by atoms with E-state index in [0.717, 1.165) is 5.56 Å². The molecular formula is C13H19. The second-order valence-electron chi connectivity index (χ2n) is 4.77. The van der Waals surface area contributed by atoms with Crippen LogP contribution in [0.2, 0.25) is 0 Å². The van der Waals surface area contributed by atoms with E-state index >= 15 is 0 Å². The summed E-state index contributed by atoms with van der Waals surface area (Å²) in [6.45, 7) is 15.1. The van der Waals surface area contributed by atoms with Crippen LogP contribution < -0.4 is 0 Å². The molecule has 71 valence electrons. The van der Waals surface area contributed by atoms with Crippen molar-refractivity contribution in [1.29, 1.82) is 0 Å². The van der Waals surface area contributed by atoms with Gasteiger partial charge in [0.1, 0.15) is 0 Å². The Balaban J connectivity index is 3.35. The standard InChI is InChI=1S/C13H19/c1-9-7-8-12(13(4,5)6)11(3)10(9)2/h7-8H,1H2,2-6H3. The van der Waals surface area contributed by atoms with E-state index in [2.05, 4.69) is 53.7 Å². The summed E-state index contributed by atoms with van der Waals surface area (Å²) in [7, 11) is 0. The monoisotopic (exact) mass is 175 g/mol. The maximum Gasteiger partial charge on any atom is -0.0129 e. The molecule has 0 aromatic heterocycles. The third-order valence-electron chi connectivity index (χ3n) is 2.71. The highest BCUT2D eigenvalue weighted by atomic mass is 14.2. The number of hydrogen-bond acceptors (Lipinski definition) is 0. The molecule has 0 nitrogen and oxygen atoms in total. The molecule has 1 aromatic rings. The second kappa shape index (κ2) is 3.17. The van der Waals surface area contributed by atoms with Gasteiger partial charge in [-0.3, -0.25) is 0 Å². The van der Waals surface area contributed by atoms with Gasteiger partial charge in [-0.05, 0) is 48.4 Å². The smallest absolute Gasteiger partial charge is 0.0129 e. The Kier molecular flexibility index (Phi) is 2.51. The zero-order valence-corrected chi connectivity index (χ0v) is 9.36. The molecule has 0 fully saturated rings. The lowest BCUT2D eigenvalue weighted by Gasteiger charge is -2.23. The summed E-state index contributed by atoms with van der Waals surface area (Å²) >= 11 is 0. The van der Waals surface area contributed by atoms with E-state index in [1.165, 1.54) is 16.7 Å². The van der Waals surface area contributed by atoms with Gasteiger partial charge in [-0.1, -0.05) is 32.9 Å². The first kappa shape index (κ1) is 10.3. The Morgan fingerprint density at radius 3 is 2.00 bits per heavy atom. The van der Waals surface area contributed by atoms with Crippen LogP contribution >= 0.6 is 0 Å². The predicted molar refractivity (Wildman–Crippen MR) is 59.1 cm³/mol. The molecule has 0 amide bonds. The fourth-order valence-electron chi connectivity index (χ4n) is 1.69. The van der Waals surface area contributed by atoms with Crippen molar-refractivity contribution in [2.24, 2.45) is 0 Å². The van der Waals surface area contributed by atoms with Gasteiger partial charge in [0, 0.05) is 0 Å². The van der Waals surface area contributed by atoms with Crippen molar-refractivity contribution in [2.45, 2.75) is 40.0 Å². The molecule has 0 aliphatic heterocycles. The first-order chi connectivity index (χ1) is 5.84. The number of rotatable bonds is 0. The summed E-state index contributed by atoms with van der Waals surface area (Å²) in [4.78, 5) is 0. The Hall–Kier alpha value is -0.780. The minimum absolute atomic E-state index is 0.239. The highest BCUT2D eigenvalue weighted by Gasteiger charge is 2.17. The van der Waals surface area contributed by atoms with Crippen molar-refractivity contribution in [3.63, 3.8) is 0 Å². The molecule has 0 heteroatoms. The topological polar surface area (TPSA) is 0 Å². The SMILES string of the molecule is [CH2]c1ccc(C(C)(C)C)c(C)c1C. The van der Waals surface area contributed by atoms with Crippen molar-refractivity contribution in [2.75, 3.05) is 0 Å². The average molecular weight is 175 g/mol. The van der Waals surface area contributed by atoms with E-state index < -0.39 is 0 Å². The quantitative estimate of drug-likeness (QED) is 0.563. The van der Waals surface area contributed by atoms with Crippen molar-refractivity contribution in [3.05, 3.63) is 41.3 Å². The van der Waals surface area contributed by atoms with Crippen LogP contribution in [0.15, 0.2) is 12.1 Å². The summed E-state index contributed by atoms with van der Waals surface area (Å²) in [5.41, 5.74) is 5.53. The van der Waals surface area contributed by atoms with Crippen LogP contribution in [0.4, 0.5) is 0 Å². The average Bonchev–Trinajstić information content (AvgIpc) is 1.98. The third kappa shape index (κ3) is 1.93. The molecule has 0 saturated carbocycles. The van der Waals surface area contributed by atoms with Crippen LogP contribution in [0.25, 0.3) is 0 Å². The van der Waals surface area contributed by atoms with Gasteiger partial charge in [0.25, 0.3) is 0 Å². The second-order valence-corrected chi connectivity index (χ2v) is 4.77. The molecule has 0 atom stereocenters. The van der Waals surface area contributed by atoms with Gasteiger partial charge in [-0.25, -0.2) is 0 Å². The van der Waals surface area contributed by atoms with Gasteiger partial charge in [0.2, 0.25) is 0 Å². The number of benzene rings is 1. The molecule has 0 aliphatic carbocycles. The van der Waals surface area contributed by atoms with Crippen LogP contribution in [0.3, 0.4) is 0 Å². The number of hydrogen-bond donors (Lipinski definition) is 0. The highest BCUT2D eigenvalue weighted by molar-refractivity contribution is 5.43. The lowest BCUT2D eigenvalue weighted by Crippen LogP contribution is -2.13. The van der Waals surface area contributed by atoms with E-state index in [1.807, 2.05) is 0 Å². The van der Waals surface area contributed by atoms with E-state index in [-0.39, 0.29) is 5.41 Å². The molecule has 1 radical (unpaired) electrons. The lowest BCUT2D eigenvalue weighted by atomic mass is 9.82. The molecule has 1 rings (SSSR count). The minimum Gasteiger partial charge on any atom is -0.0585 e. The Bertz CT molecular complexity index is 314. The first-order valence-corrected chi connectivity index (χ1v) is 4.76. The van der Waals surface area contributed by atoms with E-state index in [4.69, 9.17) is 0 Å². The molecule has 0 unspecified atom stereocenters. The minimum atomic E-state index is 0.239. The van der Waals surface area contributed by atoms with Crippen LogP contribution in [0, 0.1) is 20.8 Å². The van der Waals surface area contributed by atoms with Gasteiger partial charge in [0.15, 0.2) is 0 Å². The van der Waals surface area contributed by atoms with Crippen molar-refractivity contribution >= 4 is 0 Å². The van der Waals surface area contributed by atoms with E-state index in [1.54, 1.807) is 0 Å².